The standard InChI is InChI=1S/C15H12FN3O2/c1-2-10-19-13(4-3-5-14(19)20)15(21)18-17-12-8-6-11(16)7-9-12/h1,3-9,17H,10H2,(H,18,21). The van der Waals surface area contributed by atoms with Crippen LogP contribution in [0.4, 0.5) is 10.1 Å². The van der Waals surface area contributed by atoms with Crippen molar-refractivity contribution in [3.05, 3.63) is 64.3 Å². The van der Waals surface area contributed by atoms with Crippen molar-refractivity contribution in [2.75, 3.05) is 5.43 Å². The average molecular weight is 285 g/mol. The van der Waals surface area contributed by atoms with Crippen LogP contribution in [0.15, 0.2) is 47.3 Å². The lowest BCUT2D eigenvalue weighted by Crippen LogP contribution is -2.34. The van der Waals surface area contributed by atoms with Crippen molar-refractivity contribution in [2.24, 2.45) is 0 Å². The summed E-state index contributed by atoms with van der Waals surface area (Å²) in [6.07, 6.45) is 5.19. The number of hydrazine groups is 1. The summed E-state index contributed by atoms with van der Waals surface area (Å²) < 4.78 is 13.9. The number of pyridine rings is 1. The number of hydrogen-bond donors (Lipinski definition) is 2. The second-order valence-corrected chi connectivity index (χ2v) is 4.13. The number of carbonyl (C=O) groups excluding carboxylic acids is 1. The summed E-state index contributed by atoms with van der Waals surface area (Å²) >= 11 is 0. The van der Waals surface area contributed by atoms with E-state index in [9.17, 15) is 14.0 Å². The lowest BCUT2D eigenvalue weighted by Gasteiger charge is -2.11. The molecule has 2 aromatic rings. The van der Waals surface area contributed by atoms with Crippen LogP contribution >= 0.6 is 0 Å². The van der Waals surface area contributed by atoms with E-state index in [1.165, 1.54) is 47.0 Å². The molecular weight excluding hydrogens is 273 g/mol. The van der Waals surface area contributed by atoms with Crippen molar-refractivity contribution in [1.29, 1.82) is 0 Å². The first-order valence-electron chi connectivity index (χ1n) is 6.07. The summed E-state index contributed by atoms with van der Waals surface area (Å²) in [7, 11) is 0. The molecule has 0 aliphatic carbocycles. The summed E-state index contributed by atoms with van der Waals surface area (Å²) in [6, 6.07) is 9.73. The summed E-state index contributed by atoms with van der Waals surface area (Å²) in [5.74, 6) is 1.42. The second kappa shape index (κ2) is 6.39. The molecule has 0 atom stereocenters. The molecule has 0 spiro atoms. The molecule has 1 amide bonds. The van der Waals surface area contributed by atoms with Crippen molar-refractivity contribution in [3.63, 3.8) is 0 Å². The van der Waals surface area contributed by atoms with E-state index < -0.39 is 5.91 Å². The van der Waals surface area contributed by atoms with Gasteiger partial charge in [0.15, 0.2) is 0 Å². The molecule has 0 fully saturated rings. The van der Waals surface area contributed by atoms with Gasteiger partial charge in [-0.2, -0.15) is 0 Å². The molecule has 2 N–H and O–H groups in total. The number of hydrogen-bond acceptors (Lipinski definition) is 3. The van der Waals surface area contributed by atoms with Crippen LogP contribution in [0.25, 0.3) is 0 Å². The van der Waals surface area contributed by atoms with E-state index >= 15 is 0 Å². The maximum Gasteiger partial charge on any atom is 0.286 e. The van der Waals surface area contributed by atoms with Crippen LogP contribution in [0, 0.1) is 18.2 Å². The molecule has 0 radical (unpaired) electrons. The molecule has 1 heterocycles. The third-order valence-electron chi connectivity index (χ3n) is 2.70. The van der Waals surface area contributed by atoms with Crippen LogP contribution in [-0.4, -0.2) is 10.5 Å². The number of terminal acetylenes is 1. The fourth-order valence-corrected chi connectivity index (χ4v) is 1.70. The Balaban J connectivity index is 2.14. The number of anilines is 1. The Labute approximate surface area is 120 Å². The summed E-state index contributed by atoms with van der Waals surface area (Å²) in [4.78, 5) is 23.7. The Hall–Kier alpha value is -3.07. The molecule has 106 valence electrons. The van der Waals surface area contributed by atoms with Gasteiger partial charge in [0.25, 0.3) is 11.5 Å². The van der Waals surface area contributed by atoms with Gasteiger partial charge in [-0.1, -0.05) is 12.0 Å². The highest BCUT2D eigenvalue weighted by Gasteiger charge is 2.11. The maximum atomic E-state index is 12.8. The molecule has 0 bridgehead atoms. The Morgan fingerprint density at radius 2 is 1.95 bits per heavy atom. The number of nitrogens with one attached hydrogen (secondary N) is 2. The lowest BCUT2D eigenvalue weighted by atomic mass is 10.3. The number of carbonyl (C=O) groups is 1. The molecule has 0 saturated heterocycles. The SMILES string of the molecule is C#CCn1c(C(=O)NNc2ccc(F)cc2)cccc1=O. The molecule has 1 aromatic heterocycles. The van der Waals surface area contributed by atoms with Gasteiger partial charge in [-0.3, -0.25) is 25.0 Å². The lowest BCUT2D eigenvalue weighted by molar-refractivity contribution is 0.0953. The molecular formula is C15H12FN3O2. The smallest absolute Gasteiger partial charge is 0.286 e. The topological polar surface area (TPSA) is 63.1 Å². The van der Waals surface area contributed by atoms with E-state index in [1.54, 1.807) is 0 Å². The van der Waals surface area contributed by atoms with E-state index in [1.807, 2.05) is 0 Å². The molecule has 21 heavy (non-hydrogen) atoms. The van der Waals surface area contributed by atoms with Crippen LogP contribution < -0.4 is 16.4 Å². The average Bonchev–Trinajstić information content (AvgIpc) is 2.48. The fraction of sp³-hybridized carbons (Fsp3) is 0.0667. The Morgan fingerprint density at radius 3 is 2.62 bits per heavy atom. The van der Waals surface area contributed by atoms with Crippen molar-refractivity contribution in [3.8, 4) is 12.3 Å². The zero-order valence-corrected chi connectivity index (χ0v) is 11.0. The van der Waals surface area contributed by atoms with Gasteiger partial charge in [-0.25, -0.2) is 4.39 Å². The number of rotatable bonds is 4. The van der Waals surface area contributed by atoms with Crippen LogP contribution in [0.2, 0.25) is 0 Å². The van der Waals surface area contributed by atoms with E-state index in [-0.39, 0.29) is 23.6 Å². The molecule has 6 heteroatoms. The zero-order chi connectivity index (χ0) is 15.2. The van der Waals surface area contributed by atoms with Crippen molar-refractivity contribution in [1.82, 2.24) is 9.99 Å². The van der Waals surface area contributed by atoms with Crippen molar-refractivity contribution < 1.29 is 9.18 Å². The van der Waals surface area contributed by atoms with E-state index in [0.717, 1.165) is 0 Å². The van der Waals surface area contributed by atoms with Gasteiger partial charge in [0, 0.05) is 6.07 Å². The minimum atomic E-state index is -0.521. The minimum absolute atomic E-state index is 0.00102. The zero-order valence-electron chi connectivity index (χ0n) is 11.0. The van der Waals surface area contributed by atoms with E-state index in [4.69, 9.17) is 6.42 Å². The third kappa shape index (κ3) is 3.48. The molecule has 5 nitrogen and oxygen atoms in total. The normalized spacial score (nSPS) is 9.71. The Bertz CT molecular complexity index is 745. The van der Waals surface area contributed by atoms with Gasteiger partial charge in [0.1, 0.15) is 11.5 Å². The number of nitrogens with zero attached hydrogens (tertiary/aromatic N) is 1. The summed E-state index contributed by atoms with van der Waals surface area (Å²) in [5, 5.41) is 0. The fourth-order valence-electron chi connectivity index (χ4n) is 1.70. The maximum absolute atomic E-state index is 12.8. The van der Waals surface area contributed by atoms with Crippen LogP contribution in [0.5, 0.6) is 0 Å². The summed E-state index contributed by atoms with van der Waals surface area (Å²) in [5.41, 5.74) is 5.33. The highest BCUT2D eigenvalue weighted by atomic mass is 19.1. The molecule has 2 rings (SSSR count). The van der Waals surface area contributed by atoms with Gasteiger partial charge in [0.2, 0.25) is 0 Å². The van der Waals surface area contributed by atoms with Crippen molar-refractivity contribution in [2.45, 2.75) is 6.54 Å². The Morgan fingerprint density at radius 1 is 1.24 bits per heavy atom. The van der Waals surface area contributed by atoms with Crippen LogP contribution in [0.3, 0.4) is 0 Å². The highest BCUT2D eigenvalue weighted by molar-refractivity contribution is 5.93. The number of halogens is 1. The van der Waals surface area contributed by atoms with Crippen LogP contribution in [-0.2, 0) is 6.54 Å². The molecule has 0 saturated carbocycles. The first-order valence-corrected chi connectivity index (χ1v) is 6.07. The van der Waals surface area contributed by atoms with Crippen LogP contribution in [0.1, 0.15) is 10.5 Å². The predicted molar refractivity (Wildman–Crippen MR) is 77.0 cm³/mol. The van der Waals surface area contributed by atoms with Gasteiger partial charge in [-0.05, 0) is 30.3 Å². The number of aromatic nitrogens is 1. The van der Waals surface area contributed by atoms with Gasteiger partial charge in [-0.15, -0.1) is 6.42 Å². The monoisotopic (exact) mass is 285 g/mol. The predicted octanol–water partition coefficient (Wildman–Crippen LogP) is 1.38. The largest absolute Gasteiger partial charge is 0.298 e. The molecule has 0 aliphatic rings. The van der Waals surface area contributed by atoms with E-state index in [2.05, 4.69) is 16.8 Å². The second-order valence-electron chi connectivity index (χ2n) is 4.13. The van der Waals surface area contributed by atoms with Gasteiger partial charge in [0.05, 0.1) is 12.2 Å². The first kappa shape index (κ1) is 14.3. The number of amides is 1. The van der Waals surface area contributed by atoms with Gasteiger partial charge >= 0.3 is 0 Å². The molecule has 0 unspecified atom stereocenters. The molecule has 1 aromatic carbocycles. The first-order chi connectivity index (χ1) is 10.1. The quantitative estimate of drug-likeness (QED) is 0.659. The summed E-state index contributed by atoms with van der Waals surface area (Å²) in [6.45, 7) is -0.00102. The van der Waals surface area contributed by atoms with Crippen molar-refractivity contribution >= 4 is 11.6 Å². The Kier molecular flexibility index (Phi) is 4.36. The molecule has 0 aliphatic heterocycles. The van der Waals surface area contributed by atoms with Gasteiger partial charge < -0.3 is 0 Å². The van der Waals surface area contributed by atoms with E-state index in [0.29, 0.717) is 5.69 Å². The third-order valence-corrected chi connectivity index (χ3v) is 2.70. The minimum Gasteiger partial charge on any atom is -0.298 e. The number of benzene rings is 1. The highest BCUT2D eigenvalue weighted by Crippen LogP contribution is 2.07.